The second-order valence-electron chi connectivity index (χ2n) is 6.23. The zero-order chi connectivity index (χ0) is 17.8. The van der Waals surface area contributed by atoms with Gasteiger partial charge >= 0.3 is 6.03 Å². The highest BCUT2D eigenvalue weighted by atomic mass is 16.3. The van der Waals surface area contributed by atoms with Crippen LogP contribution >= 0.6 is 0 Å². The monoisotopic (exact) mass is 345 g/mol. The van der Waals surface area contributed by atoms with Gasteiger partial charge in [-0.2, -0.15) is 5.10 Å². The van der Waals surface area contributed by atoms with Crippen molar-refractivity contribution < 1.29 is 14.0 Å². The molecule has 0 bridgehead atoms. The number of urea groups is 1. The van der Waals surface area contributed by atoms with Crippen LogP contribution in [0.25, 0.3) is 0 Å². The molecule has 0 aliphatic carbocycles. The summed E-state index contributed by atoms with van der Waals surface area (Å²) in [7, 11) is 1.84. The molecule has 3 rings (SSSR count). The minimum absolute atomic E-state index is 0.120. The highest BCUT2D eigenvalue weighted by Gasteiger charge is 2.24. The second kappa shape index (κ2) is 7.42. The Kier molecular flexibility index (Phi) is 5.06. The predicted octanol–water partition coefficient (Wildman–Crippen LogP) is 1.63. The average Bonchev–Trinajstić information content (AvgIpc) is 3.21. The van der Waals surface area contributed by atoms with Gasteiger partial charge in [-0.15, -0.1) is 0 Å². The van der Waals surface area contributed by atoms with Crippen molar-refractivity contribution in [2.24, 2.45) is 7.05 Å². The van der Waals surface area contributed by atoms with E-state index in [2.05, 4.69) is 10.4 Å². The first-order valence-corrected chi connectivity index (χ1v) is 8.41. The van der Waals surface area contributed by atoms with Crippen LogP contribution in [0.4, 0.5) is 4.79 Å². The van der Waals surface area contributed by atoms with Crippen molar-refractivity contribution in [2.45, 2.75) is 19.4 Å². The maximum Gasteiger partial charge on any atom is 0.317 e. The standard InChI is InChI=1S/C17H23N5O3/c1-13(14-11-18-20(2)12-14)19-17(24)22-7-4-6-21(8-9-22)16(23)15-5-3-10-25-15/h3,5,10-13H,4,6-9H2,1-2H3,(H,19,24)/t13-/m1/s1. The van der Waals surface area contributed by atoms with E-state index in [1.165, 1.54) is 6.26 Å². The summed E-state index contributed by atoms with van der Waals surface area (Å²) in [6.45, 7) is 4.15. The van der Waals surface area contributed by atoms with Gasteiger partial charge in [-0.05, 0) is 25.5 Å². The molecule has 1 fully saturated rings. The average molecular weight is 345 g/mol. The number of nitrogens with zero attached hydrogens (tertiary/aromatic N) is 4. The third-order valence-electron chi connectivity index (χ3n) is 4.37. The van der Waals surface area contributed by atoms with Crippen LogP contribution in [-0.4, -0.2) is 57.7 Å². The van der Waals surface area contributed by atoms with Gasteiger partial charge in [0.25, 0.3) is 5.91 Å². The lowest BCUT2D eigenvalue weighted by molar-refractivity contribution is 0.0730. The van der Waals surface area contributed by atoms with Crippen LogP contribution < -0.4 is 5.32 Å². The van der Waals surface area contributed by atoms with Gasteiger partial charge in [0.15, 0.2) is 5.76 Å². The Hall–Kier alpha value is -2.77. The molecule has 3 amide bonds. The van der Waals surface area contributed by atoms with E-state index in [1.54, 1.807) is 32.8 Å². The lowest BCUT2D eigenvalue weighted by Crippen LogP contribution is -2.43. The van der Waals surface area contributed by atoms with Crippen LogP contribution in [0.1, 0.15) is 35.5 Å². The quantitative estimate of drug-likeness (QED) is 0.916. The molecule has 1 saturated heterocycles. The van der Waals surface area contributed by atoms with Gasteiger partial charge < -0.3 is 19.5 Å². The maximum atomic E-state index is 12.5. The van der Waals surface area contributed by atoms with Crippen molar-refractivity contribution in [3.8, 4) is 0 Å². The van der Waals surface area contributed by atoms with Gasteiger partial charge in [0, 0.05) is 45.0 Å². The molecule has 0 unspecified atom stereocenters. The number of hydrogen-bond donors (Lipinski definition) is 1. The van der Waals surface area contributed by atoms with Crippen molar-refractivity contribution in [2.75, 3.05) is 26.2 Å². The highest BCUT2D eigenvalue weighted by molar-refractivity contribution is 5.91. The minimum atomic E-state index is -0.129. The molecule has 0 aromatic carbocycles. The molecule has 1 aliphatic heterocycles. The lowest BCUT2D eigenvalue weighted by Gasteiger charge is -2.23. The zero-order valence-electron chi connectivity index (χ0n) is 14.5. The number of aryl methyl sites for hydroxylation is 1. The molecular weight excluding hydrogens is 322 g/mol. The van der Waals surface area contributed by atoms with Gasteiger partial charge in [-0.3, -0.25) is 9.48 Å². The van der Waals surface area contributed by atoms with Crippen LogP contribution in [-0.2, 0) is 7.05 Å². The summed E-state index contributed by atoms with van der Waals surface area (Å²) in [5.41, 5.74) is 0.959. The largest absolute Gasteiger partial charge is 0.459 e. The number of nitrogens with one attached hydrogen (secondary N) is 1. The second-order valence-corrected chi connectivity index (χ2v) is 6.23. The number of furan rings is 1. The molecule has 1 atom stereocenters. The minimum Gasteiger partial charge on any atom is -0.459 e. The number of carbonyl (C=O) groups excluding carboxylic acids is 2. The van der Waals surface area contributed by atoms with Crippen LogP contribution in [0.5, 0.6) is 0 Å². The molecule has 2 aromatic heterocycles. The van der Waals surface area contributed by atoms with Gasteiger partial charge in [0.2, 0.25) is 0 Å². The molecule has 8 heteroatoms. The Balaban J connectivity index is 1.55. The Morgan fingerprint density at radius 3 is 2.68 bits per heavy atom. The molecule has 8 nitrogen and oxygen atoms in total. The van der Waals surface area contributed by atoms with Crippen molar-refractivity contribution in [3.05, 3.63) is 42.1 Å². The van der Waals surface area contributed by atoms with E-state index < -0.39 is 0 Å². The fourth-order valence-corrected chi connectivity index (χ4v) is 2.90. The Morgan fingerprint density at radius 1 is 1.24 bits per heavy atom. The lowest BCUT2D eigenvalue weighted by atomic mass is 10.2. The first-order chi connectivity index (χ1) is 12.0. The van der Waals surface area contributed by atoms with Crippen LogP contribution in [0.2, 0.25) is 0 Å². The summed E-state index contributed by atoms with van der Waals surface area (Å²) in [5.74, 6) is 0.207. The molecule has 0 spiro atoms. The molecule has 3 heterocycles. The molecule has 25 heavy (non-hydrogen) atoms. The topological polar surface area (TPSA) is 83.6 Å². The predicted molar refractivity (Wildman–Crippen MR) is 91.0 cm³/mol. The molecule has 134 valence electrons. The first kappa shape index (κ1) is 17.1. The van der Waals surface area contributed by atoms with Crippen molar-refractivity contribution in [1.29, 1.82) is 0 Å². The van der Waals surface area contributed by atoms with Crippen molar-refractivity contribution in [3.63, 3.8) is 0 Å². The van der Waals surface area contributed by atoms with Gasteiger partial charge in [-0.25, -0.2) is 4.79 Å². The van der Waals surface area contributed by atoms with E-state index in [0.717, 1.165) is 12.0 Å². The molecule has 1 aliphatic rings. The number of hydrogen-bond acceptors (Lipinski definition) is 4. The number of amides is 3. The SMILES string of the molecule is C[C@@H](NC(=O)N1CCCN(C(=O)c2ccco2)CC1)c1cnn(C)c1. The first-order valence-electron chi connectivity index (χ1n) is 8.41. The summed E-state index contributed by atoms with van der Waals surface area (Å²) < 4.78 is 6.89. The fraction of sp³-hybridized carbons (Fsp3) is 0.471. The van der Waals surface area contributed by atoms with Crippen LogP contribution in [0.3, 0.4) is 0 Å². The fourth-order valence-electron chi connectivity index (χ4n) is 2.90. The zero-order valence-corrected chi connectivity index (χ0v) is 14.5. The van der Waals surface area contributed by atoms with E-state index in [1.807, 2.05) is 20.2 Å². The highest BCUT2D eigenvalue weighted by Crippen LogP contribution is 2.13. The van der Waals surface area contributed by atoms with E-state index in [9.17, 15) is 9.59 Å². The van der Waals surface area contributed by atoms with Crippen LogP contribution in [0, 0.1) is 0 Å². The van der Waals surface area contributed by atoms with E-state index in [4.69, 9.17) is 4.42 Å². The number of aromatic nitrogens is 2. The third-order valence-corrected chi connectivity index (χ3v) is 4.37. The summed E-state index contributed by atoms with van der Waals surface area (Å²) in [6, 6.07) is 3.12. The Bertz CT molecular complexity index is 724. The third kappa shape index (κ3) is 4.01. The van der Waals surface area contributed by atoms with E-state index in [0.29, 0.717) is 31.9 Å². The smallest absolute Gasteiger partial charge is 0.317 e. The summed E-state index contributed by atoms with van der Waals surface area (Å²) in [6.07, 6.45) is 5.86. The van der Waals surface area contributed by atoms with Gasteiger partial charge in [0.1, 0.15) is 0 Å². The molecular formula is C17H23N5O3. The summed E-state index contributed by atoms with van der Waals surface area (Å²) in [5, 5.41) is 7.12. The normalized spacial score (nSPS) is 16.4. The molecule has 2 aromatic rings. The van der Waals surface area contributed by atoms with Crippen molar-refractivity contribution >= 4 is 11.9 Å². The summed E-state index contributed by atoms with van der Waals surface area (Å²) >= 11 is 0. The maximum absolute atomic E-state index is 12.5. The Morgan fingerprint density at radius 2 is 2.00 bits per heavy atom. The van der Waals surface area contributed by atoms with Crippen molar-refractivity contribution in [1.82, 2.24) is 24.9 Å². The van der Waals surface area contributed by atoms with Gasteiger partial charge in [0.05, 0.1) is 18.5 Å². The van der Waals surface area contributed by atoms with Crippen LogP contribution in [0.15, 0.2) is 35.2 Å². The Labute approximate surface area is 146 Å². The molecule has 1 N–H and O–H groups in total. The molecule has 0 radical (unpaired) electrons. The van der Waals surface area contributed by atoms with E-state index >= 15 is 0 Å². The molecule has 0 saturated carbocycles. The number of carbonyl (C=O) groups is 2. The summed E-state index contributed by atoms with van der Waals surface area (Å²) in [4.78, 5) is 28.4. The van der Waals surface area contributed by atoms with E-state index in [-0.39, 0.29) is 18.0 Å². The van der Waals surface area contributed by atoms with Gasteiger partial charge in [-0.1, -0.05) is 0 Å². The number of rotatable bonds is 3.